The van der Waals surface area contributed by atoms with Gasteiger partial charge in [0.1, 0.15) is 5.82 Å². The highest BCUT2D eigenvalue weighted by molar-refractivity contribution is 5.94. The quantitative estimate of drug-likeness (QED) is 0.707. The molecule has 0 radical (unpaired) electrons. The second-order valence-corrected chi connectivity index (χ2v) is 3.37. The molecule has 2 rings (SSSR count). The van der Waals surface area contributed by atoms with Crippen LogP contribution in [0.5, 0.6) is 0 Å². The molecule has 0 saturated carbocycles. The lowest BCUT2D eigenvalue weighted by molar-refractivity contribution is 0.1000. The summed E-state index contributed by atoms with van der Waals surface area (Å²) in [5.41, 5.74) is 1.33. The van der Waals surface area contributed by atoms with Gasteiger partial charge in [-0.3, -0.25) is 4.79 Å². The molecular weight excluding hydrogens is 195 g/mol. The van der Waals surface area contributed by atoms with E-state index >= 15 is 0 Å². The number of fused-ring (bicyclic) bond motifs is 1. The number of Topliss-reactive ketones (excluding diaryl/α,β-unsaturated/α-hetero) is 1. The number of hydrogen-bond acceptors (Lipinski definition) is 2. The molecule has 1 aromatic heterocycles. The number of nitrogens with zero attached hydrogens (tertiary/aromatic N) is 2. The largest absolute Gasteiger partial charge is 0.322 e. The van der Waals surface area contributed by atoms with Gasteiger partial charge in [0, 0.05) is 13.5 Å². The van der Waals surface area contributed by atoms with Gasteiger partial charge in [0.05, 0.1) is 11.0 Å². The first kappa shape index (κ1) is 9.83. The molecule has 0 N–H and O–H groups in total. The fourth-order valence-electron chi connectivity index (χ4n) is 1.68. The average Bonchev–Trinajstić information content (AvgIpc) is 2.55. The molecule has 0 aliphatic carbocycles. The number of ketones is 1. The van der Waals surface area contributed by atoms with Gasteiger partial charge in [-0.05, 0) is 25.1 Å². The summed E-state index contributed by atoms with van der Waals surface area (Å²) < 4.78 is 14.8. The van der Waals surface area contributed by atoms with Gasteiger partial charge in [-0.15, -0.1) is 0 Å². The first-order chi connectivity index (χ1) is 7.13. The van der Waals surface area contributed by atoms with Crippen molar-refractivity contribution >= 4 is 16.8 Å². The first-order valence-electron chi connectivity index (χ1n) is 4.80. The van der Waals surface area contributed by atoms with Crippen LogP contribution >= 0.6 is 0 Å². The predicted molar refractivity (Wildman–Crippen MR) is 55.4 cm³/mol. The standard InChI is InChI=1S/C11H11FN2O/c1-3-14-10-6-8(12)4-5-9(10)13-11(14)7(2)15/h4-6H,3H2,1-2H3. The molecule has 0 saturated heterocycles. The Morgan fingerprint density at radius 3 is 2.87 bits per heavy atom. The Hall–Kier alpha value is -1.71. The van der Waals surface area contributed by atoms with E-state index in [0.717, 1.165) is 0 Å². The topological polar surface area (TPSA) is 34.9 Å². The molecule has 3 nitrogen and oxygen atoms in total. The van der Waals surface area contributed by atoms with Gasteiger partial charge in [0.2, 0.25) is 0 Å². The van der Waals surface area contributed by atoms with Crippen molar-refractivity contribution in [2.24, 2.45) is 0 Å². The summed E-state index contributed by atoms with van der Waals surface area (Å²) in [5, 5.41) is 0. The Balaban J connectivity index is 2.79. The Morgan fingerprint density at radius 2 is 2.27 bits per heavy atom. The van der Waals surface area contributed by atoms with Crippen molar-refractivity contribution in [1.82, 2.24) is 9.55 Å². The highest BCUT2D eigenvalue weighted by atomic mass is 19.1. The van der Waals surface area contributed by atoms with E-state index in [-0.39, 0.29) is 11.6 Å². The number of benzene rings is 1. The van der Waals surface area contributed by atoms with E-state index in [1.165, 1.54) is 19.1 Å². The minimum absolute atomic E-state index is 0.103. The summed E-state index contributed by atoms with van der Waals surface area (Å²) in [6.45, 7) is 3.97. The first-order valence-corrected chi connectivity index (χ1v) is 4.80. The molecule has 0 aliphatic rings. The maximum Gasteiger partial charge on any atom is 0.195 e. The van der Waals surface area contributed by atoms with Crippen LogP contribution in [0.25, 0.3) is 11.0 Å². The van der Waals surface area contributed by atoms with E-state index in [2.05, 4.69) is 4.98 Å². The van der Waals surface area contributed by atoms with E-state index < -0.39 is 0 Å². The highest BCUT2D eigenvalue weighted by Crippen LogP contribution is 2.17. The minimum Gasteiger partial charge on any atom is -0.322 e. The van der Waals surface area contributed by atoms with Crippen molar-refractivity contribution in [3.8, 4) is 0 Å². The minimum atomic E-state index is -0.313. The Labute approximate surface area is 86.5 Å². The molecule has 0 spiro atoms. The molecule has 15 heavy (non-hydrogen) atoms. The normalized spacial score (nSPS) is 10.9. The number of halogens is 1. The van der Waals surface area contributed by atoms with Crippen LogP contribution in [0.2, 0.25) is 0 Å². The summed E-state index contributed by atoms with van der Waals surface area (Å²) in [5.74, 6) is -0.0289. The van der Waals surface area contributed by atoms with Gasteiger partial charge in [-0.1, -0.05) is 0 Å². The lowest BCUT2D eigenvalue weighted by Gasteiger charge is -2.02. The van der Waals surface area contributed by atoms with Crippen molar-refractivity contribution in [3.05, 3.63) is 29.8 Å². The summed E-state index contributed by atoms with van der Waals surface area (Å²) >= 11 is 0. The summed E-state index contributed by atoms with van der Waals surface area (Å²) in [7, 11) is 0. The van der Waals surface area contributed by atoms with E-state index in [9.17, 15) is 9.18 Å². The molecule has 0 bridgehead atoms. The van der Waals surface area contributed by atoms with Crippen LogP contribution < -0.4 is 0 Å². The third-order valence-corrected chi connectivity index (χ3v) is 2.34. The predicted octanol–water partition coefficient (Wildman–Crippen LogP) is 2.40. The van der Waals surface area contributed by atoms with Gasteiger partial charge in [-0.25, -0.2) is 9.37 Å². The molecule has 0 amide bonds. The third kappa shape index (κ3) is 1.52. The number of rotatable bonds is 2. The fourth-order valence-corrected chi connectivity index (χ4v) is 1.68. The number of aromatic nitrogens is 2. The molecule has 0 fully saturated rings. The lowest BCUT2D eigenvalue weighted by Crippen LogP contribution is -2.06. The van der Waals surface area contributed by atoms with Gasteiger partial charge in [0.25, 0.3) is 0 Å². The molecule has 0 aliphatic heterocycles. The van der Waals surface area contributed by atoms with E-state index in [1.807, 2.05) is 6.92 Å². The molecule has 2 aromatic rings. The monoisotopic (exact) mass is 206 g/mol. The average molecular weight is 206 g/mol. The van der Waals surface area contributed by atoms with Crippen LogP contribution in [-0.4, -0.2) is 15.3 Å². The molecule has 4 heteroatoms. The number of imidazole rings is 1. The maximum atomic E-state index is 13.0. The molecule has 0 atom stereocenters. The highest BCUT2D eigenvalue weighted by Gasteiger charge is 2.13. The Bertz CT molecular complexity index is 531. The summed E-state index contributed by atoms with van der Waals surface area (Å²) in [4.78, 5) is 15.5. The SMILES string of the molecule is CCn1c(C(C)=O)nc2ccc(F)cc21. The van der Waals surface area contributed by atoms with Gasteiger partial charge >= 0.3 is 0 Å². The van der Waals surface area contributed by atoms with E-state index in [4.69, 9.17) is 0 Å². The molecule has 1 heterocycles. The summed E-state index contributed by atoms with van der Waals surface area (Å²) in [6.07, 6.45) is 0. The van der Waals surface area contributed by atoms with Crippen molar-refractivity contribution in [1.29, 1.82) is 0 Å². The van der Waals surface area contributed by atoms with Gasteiger partial charge < -0.3 is 4.57 Å². The van der Waals surface area contributed by atoms with Crippen LogP contribution in [0, 0.1) is 5.82 Å². The van der Waals surface area contributed by atoms with E-state index in [0.29, 0.717) is 23.4 Å². The molecule has 1 aromatic carbocycles. The van der Waals surface area contributed by atoms with Crippen molar-refractivity contribution < 1.29 is 9.18 Å². The molecule has 78 valence electrons. The van der Waals surface area contributed by atoms with Gasteiger partial charge in [-0.2, -0.15) is 0 Å². The second-order valence-electron chi connectivity index (χ2n) is 3.37. The smallest absolute Gasteiger partial charge is 0.195 e. The number of carbonyl (C=O) groups is 1. The zero-order chi connectivity index (χ0) is 11.0. The Kier molecular flexibility index (Phi) is 2.26. The molecule has 0 unspecified atom stereocenters. The van der Waals surface area contributed by atoms with Crippen LogP contribution in [0.1, 0.15) is 24.5 Å². The van der Waals surface area contributed by atoms with Crippen LogP contribution in [0.3, 0.4) is 0 Å². The maximum absolute atomic E-state index is 13.0. The summed E-state index contributed by atoms with van der Waals surface area (Å²) in [6, 6.07) is 4.33. The van der Waals surface area contributed by atoms with Crippen LogP contribution in [0.15, 0.2) is 18.2 Å². The van der Waals surface area contributed by atoms with Crippen molar-refractivity contribution in [2.75, 3.05) is 0 Å². The Morgan fingerprint density at radius 1 is 1.53 bits per heavy atom. The number of aryl methyl sites for hydroxylation is 1. The van der Waals surface area contributed by atoms with Gasteiger partial charge in [0.15, 0.2) is 11.6 Å². The van der Waals surface area contributed by atoms with Crippen molar-refractivity contribution in [2.45, 2.75) is 20.4 Å². The van der Waals surface area contributed by atoms with Crippen LogP contribution in [0.4, 0.5) is 4.39 Å². The fraction of sp³-hybridized carbons (Fsp3) is 0.273. The second kappa shape index (κ2) is 3.46. The zero-order valence-corrected chi connectivity index (χ0v) is 8.62. The van der Waals surface area contributed by atoms with E-state index in [1.54, 1.807) is 10.6 Å². The molecular formula is C11H11FN2O. The van der Waals surface area contributed by atoms with Crippen LogP contribution in [-0.2, 0) is 6.54 Å². The third-order valence-electron chi connectivity index (χ3n) is 2.34. The lowest BCUT2D eigenvalue weighted by atomic mass is 10.3. The number of carbonyl (C=O) groups excluding carboxylic acids is 1. The zero-order valence-electron chi connectivity index (χ0n) is 8.62. The van der Waals surface area contributed by atoms with Crippen molar-refractivity contribution in [3.63, 3.8) is 0 Å². The number of hydrogen-bond donors (Lipinski definition) is 0.